The Labute approximate surface area is 187 Å². The molecule has 0 amide bonds. The number of nitrogens with one attached hydrogen (secondary N) is 2. The third-order valence-electron chi connectivity index (χ3n) is 4.53. The first-order valence-electron chi connectivity index (χ1n) is 8.97. The summed E-state index contributed by atoms with van der Waals surface area (Å²) in [4.78, 5) is 12.3. The maximum atomic E-state index is 5.39. The molecule has 0 saturated carbocycles. The zero-order valence-electron chi connectivity index (χ0n) is 16.7. The molecule has 0 bridgehead atoms. The van der Waals surface area contributed by atoms with Gasteiger partial charge in [-0.3, -0.25) is 4.99 Å². The number of hydrogen-bond acceptors (Lipinski definition) is 6. The lowest BCUT2D eigenvalue weighted by Gasteiger charge is -2.21. The highest BCUT2D eigenvalue weighted by Crippen LogP contribution is 2.30. The molecule has 1 fully saturated rings. The van der Waals surface area contributed by atoms with Crippen LogP contribution in [0.15, 0.2) is 29.4 Å². The molecule has 1 aliphatic heterocycles. The van der Waals surface area contributed by atoms with E-state index in [2.05, 4.69) is 32.4 Å². The lowest BCUT2D eigenvalue weighted by molar-refractivity contribution is 0.394. The zero-order valence-corrected chi connectivity index (χ0v) is 19.8. The number of benzene rings is 1. The first kappa shape index (κ1) is 22.5. The van der Waals surface area contributed by atoms with Crippen LogP contribution < -0.4 is 25.0 Å². The molecular weight excluding hydrogens is 489 g/mol. The normalized spacial score (nSPS) is 16.5. The predicted octanol–water partition coefficient (Wildman–Crippen LogP) is 3.03. The molecule has 1 aromatic heterocycles. The van der Waals surface area contributed by atoms with Gasteiger partial charge < -0.3 is 25.0 Å². The summed E-state index contributed by atoms with van der Waals surface area (Å²) in [5, 5.41) is 7.92. The van der Waals surface area contributed by atoms with Crippen molar-refractivity contribution in [1.82, 2.24) is 15.6 Å². The van der Waals surface area contributed by atoms with E-state index in [4.69, 9.17) is 9.47 Å². The van der Waals surface area contributed by atoms with Crippen molar-refractivity contribution in [2.75, 3.05) is 39.3 Å². The van der Waals surface area contributed by atoms with Gasteiger partial charge in [0.15, 0.2) is 5.96 Å². The van der Waals surface area contributed by atoms with Gasteiger partial charge in [0.25, 0.3) is 0 Å². The standard InChI is InChI=1S/C19H27N5O2S.HI/c1-13-10-21-18(27-13)11-22-19(20-2)23-14-5-6-24(12-14)15-7-16(25-3)9-17(8-15)26-4;/h7-10,14H,5-6,11-12H2,1-4H3,(H2,20,22,23);1H. The Kier molecular flexibility index (Phi) is 8.61. The number of ether oxygens (including phenoxy) is 2. The van der Waals surface area contributed by atoms with Crippen LogP contribution >= 0.6 is 35.3 Å². The van der Waals surface area contributed by atoms with Gasteiger partial charge in [0.2, 0.25) is 0 Å². The molecule has 9 heteroatoms. The molecule has 1 unspecified atom stereocenters. The number of rotatable bonds is 6. The van der Waals surface area contributed by atoms with E-state index < -0.39 is 0 Å². The number of aryl methyl sites for hydroxylation is 1. The smallest absolute Gasteiger partial charge is 0.191 e. The van der Waals surface area contributed by atoms with Crippen LogP contribution in [-0.4, -0.2) is 51.3 Å². The quantitative estimate of drug-likeness (QED) is 0.349. The first-order valence-corrected chi connectivity index (χ1v) is 9.79. The van der Waals surface area contributed by atoms with Crippen molar-refractivity contribution < 1.29 is 9.47 Å². The monoisotopic (exact) mass is 517 g/mol. The molecule has 1 aliphatic rings. The largest absolute Gasteiger partial charge is 0.497 e. The molecule has 7 nitrogen and oxygen atoms in total. The summed E-state index contributed by atoms with van der Waals surface area (Å²) in [6, 6.07) is 6.30. The zero-order chi connectivity index (χ0) is 19.2. The van der Waals surface area contributed by atoms with Crippen LogP contribution in [0.5, 0.6) is 11.5 Å². The molecule has 0 radical (unpaired) electrons. The van der Waals surface area contributed by atoms with Crippen LogP contribution in [0, 0.1) is 6.92 Å². The molecule has 2 aromatic rings. The molecule has 2 heterocycles. The minimum Gasteiger partial charge on any atom is -0.497 e. The van der Waals surface area contributed by atoms with E-state index in [0.29, 0.717) is 12.6 Å². The molecule has 1 atom stereocenters. The van der Waals surface area contributed by atoms with Gasteiger partial charge in [0.1, 0.15) is 16.5 Å². The second-order valence-corrected chi connectivity index (χ2v) is 7.76. The van der Waals surface area contributed by atoms with Crippen molar-refractivity contribution in [3.63, 3.8) is 0 Å². The third-order valence-corrected chi connectivity index (χ3v) is 5.44. The Bertz CT molecular complexity index is 776. The molecular formula is C19H28IN5O2S. The number of methoxy groups -OCH3 is 2. The molecule has 3 rings (SSSR count). The molecule has 0 aliphatic carbocycles. The molecule has 1 aromatic carbocycles. The van der Waals surface area contributed by atoms with E-state index in [1.54, 1.807) is 32.6 Å². The van der Waals surface area contributed by atoms with Crippen LogP contribution in [-0.2, 0) is 6.54 Å². The van der Waals surface area contributed by atoms with Gasteiger partial charge in [-0.1, -0.05) is 0 Å². The average Bonchev–Trinajstić information content (AvgIpc) is 3.33. The topological polar surface area (TPSA) is 71.0 Å². The van der Waals surface area contributed by atoms with Gasteiger partial charge in [-0.25, -0.2) is 4.98 Å². The van der Waals surface area contributed by atoms with Crippen molar-refractivity contribution in [2.24, 2.45) is 4.99 Å². The van der Waals surface area contributed by atoms with Gasteiger partial charge in [-0.05, 0) is 13.3 Å². The van der Waals surface area contributed by atoms with E-state index in [9.17, 15) is 0 Å². The Morgan fingerprint density at radius 3 is 2.57 bits per heavy atom. The van der Waals surface area contributed by atoms with Gasteiger partial charge in [-0.15, -0.1) is 35.3 Å². The Hall–Kier alpha value is -1.75. The molecule has 154 valence electrons. The number of aliphatic imine (C=N–C) groups is 1. The van der Waals surface area contributed by atoms with Gasteiger partial charge in [0, 0.05) is 61.1 Å². The maximum Gasteiger partial charge on any atom is 0.191 e. The second-order valence-electron chi connectivity index (χ2n) is 6.44. The second kappa shape index (κ2) is 10.7. The number of anilines is 1. The van der Waals surface area contributed by atoms with Crippen LogP contribution in [0.2, 0.25) is 0 Å². The number of guanidine groups is 1. The highest BCUT2D eigenvalue weighted by Gasteiger charge is 2.24. The summed E-state index contributed by atoms with van der Waals surface area (Å²) in [5.41, 5.74) is 1.11. The molecule has 1 saturated heterocycles. The summed E-state index contributed by atoms with van der Waals surface area (Å²) in [6.07, 6.45) is 2.94. The van der Waals surface area contributed by atoms with Crippen LogP contribution in [0.1, 0.15) is 16.3 Å². The highest BCUT2D eigenvalue weighted by molar-refractivity contribution is 14.0. The highest BCUT2D eigenvalue weighted by atomic mass is 127. The van der Waals surface area contributed by atoms with Crippen molar-refractivity contribution in [3.8, 4) is 11.5 Å². The van der Waals surface area contributed by atoms with E-state index in [-0.39, 0.29) is 24.0 Å². The van der Waals surface area contributed by atoms with Gasteiger partial charge in [0.05, 0.1) is 20.8 Å². The lowest BCUT2D eigenvalue weighted by Crippen LogP contribution is -2.44. The predicted molar refractivity (Wildman–Crippen MR) is 126 cm³/mol. The fraction of sp³-hybridized carbons (Fsp3) is 0.474. The summed E-state index contributed by atoms with van der Waals surface area (Å²) in [6.45, 7) is 4.61. The molecule has 2 N–H and O–H groups in total. The van der Waals surface area contributed by atoms with Crippen molar-refractivity contribution in [3.05, 3.63) is 34.3 Å². The number of aromatic nitrogens is 1. The van der Waals surface area contributed by atoms with E-state index in [1.165, 1.54) is 4.88 Å². The fourth-order valence-electron chi connectivity index (χ4n) is 3.12. The van der Waals surface area contributed by atoms with Crippen molar-refractivity contribution in [2.45, 2.75) is 25.9 Å². The summed E-state index contributed by atoms with van der Waals surface area (Å²) in [5.74, 6) is 2.41. The molecule has 28 heavy (non-hydrogen) atoms. The number of nitrogens with zero attached hydrogens (tertiary/aromatic N) is 3. The third kappa shape index (κ3) is 5.87. The van der Waals surface area contributed by atoms with E-state index in [0.717, 1.165) is 47.7 Å². The maximum absolute atomic E-state index is 5.39. The van der Waals surface area contributed by atoms with E-state index in [1.807, 2.05) is 24.4 Å². The van der Waals surface area contributed by atoms with Gasteiger partial charge in [-0.2, -0.15) is 0 Å². The minimum absolute atomic E-state index is 0. The van der Waals surface area contributed by atoms with Crippen molar-refractivity contribution in [1.29, 1.82) is 0 Å². The Morgan fingerprint density at radius 1 is 1.29 bits per heavy atom. The summed E-state index contributed by atoms with van der Waals surface area (Å²) < 4.78 is 10.8. The van der Waals surface area contributed by atoms with Gasteiger partial charge >= 0.3 is 0 Å². The van der Waals surface area contributed by atoms with Crippen LogP contribution in [0.25, 0.3) is 0 Å². The van der Waals surface area contributed by atoms with E-state index >= 15 is 0 Å². The Balaban J connectivity index is 0.00000280. The van der Waals surface area contributed by atoms with Crippen molar-refractivity contribution >= 4 is 47.0 Å². The molecule has 0 spiro atoms. The SMILES string of the molecule is CN=C(NCc1ncc(C)s1)NC1CCN(c2cc(OC)cc(OC)c2)C1.I. The number of halogens is 1. The lowest BCUT2D eigenvalue weighted by atomic mass is 10.2. The minimum atomic E-state index is 0. The average molecular weight is 517 g/mol. The fourth-order valence-corrected chi connectivity index (χ4v) is 3.84. The Morgan fingerprint density at radius 2 is 2.00 bits per heavy atom. The van der Waals surface area contributed by atoms with Crippen LogP contribution in [0.4, 0.5) is 5.69 Å². The number of thiazole rings is 1. The van der Waals surface area contributed by atoms with Crippen LogP contribution in [0.3, 0.4) is 0 Å². The summed E-state index contributed by atoms with van der Waals surface area (Å²) in [7, 11) is 5.14. The first-order chi connectivity index (χ1) is 13.1. The summed E-state index contributed by atoms with van der Waals surface area (Å²) >= 11 is 1.70. The number of hydrogen-bond donors (Lipinski definition) is 2.